The average Bonchev–Trinajstić information content (AvgIpc) is 2.76. The molecule has 1 fully saturated rings. The van der Waals surface area contributed by atoms with E-state index in [4.69, 9.17) is 0 Å². The molecule has 0 aliphatic carbocycles. The summed E-state index contributed by atoms with van der Waals surface area (Å²) in [5.74, 6) is 0.230. The molecule has 1 saturated heterocycles. The van der Waals surface area contributed by atoms with Crippen molar-refractivity contribution in [1.29, 1.82) is 0 Å². The molecule has 15 heavy (non-hydrogen) atoms. The number of allylic oxidation sites excluding steroid dienone is 1. The zero-order chi connectivity index (χ0) is 10.9. The molecule has 0 radical (unpaired) electrons. The third kappa shape index (κ3) is 4.63. The van der Waals surface area contributed by atoms with Crippen LogP contribution in [0.15, 0.2) is 12.2 Å². The lowest BCUT2D eigenvalue weighted by Gasteiger charge is -2.13. The predicted molar refractivity (Wildman–Crippen MR) is 56.2 cm³/mol. The molecule has 0 N–H and O–H groups in total. The van der Waals surface area contributed by atoms with E-state index in [-0.39, 0.29) is 5.91 Å². The normalized spacial score (nSPS) is 15.9. The van der Waals surface area contributed by atoms with Gasteiger partial charge in [-0.2, -0.15) is 0 Å². The second-order valence-electron chi connectivity index (χ2n) is 3.53. The van der Waals surface area contributed by atoms with Crippen molar-refractivity contribution < 1.29 is 14.3 Å². The molecule has 0 unspecified atom stereocenters. The van der Waals surface area contributed by atoms with E-state index in [0.29, 0.717) is 19.5 Å². The molecule has 84 valence electrons. The minimum atomic E-state index is 0.230. The number of amides is 1. The highest BCUT2D eigenvalue weighted by molar-refractivity contribution is 5.76. The van der Waals surface area contributed by atoms with Gasteiger partial charge in [-0.3, -0.25) is 9.59 Å². The van der Waals surface area contributed by atoms with E-state index in [1.807, 2.05) is 11.0 Å². The molecule has 0 atom stereocenters. The van der Waals surface area contributed by atoms with Crippen molar-refractivity contribution in [2.45, 2.75) is 25.7 Å². The summed E-state index contributed by atoms with van der Waals surface area (Å²) in [6, 6.07) is 0. The summed E-state index contributed by atoms with van der Waals surface area (Å²) < 4.78 is 4.48. The topological polar surface area (TPSA) is 46.6 Å². The Bertz CT molecular complexity index is 232. The van der Waals surface area contributed by atoms with Crippen LogP contribution in [0.3, 0.4) is 0 Å². The molecule has 1 amide bonds. The zero-order valence-electron chi connectivity index (χ0n) is 8.85. The van der Waals surface area contributed by atoms with Crippen LogP contribution >= 0.6 is 0 Å². The molecule has 1 heterocycles. The van der Waals surface area contributed by atoms with Crippen LogP contribution in [-0.4, -0.2) is 37.0 Å². The summed E-state index contributed by atoms with van der Waals surface area (Å²) in [6.45, 7) is 2.54. The predicted octanol–water partition coefficient (Wildman–Crippen LogP) is 1.12. The van der Waals surface area contributed by atoms with Gasteiger partial charge < -0.3 is 9.64 Å². The smallest absolute Gasteiger partial charge is 0.293 e. The van der Waals surface area contributed by atoms with Crippen LogP contribution in [0, 0.1) is 0 Å². The fourth-order valence-corrected chi connectivity index (χ4v) is 1.61. The number of ether oxygens (including phenoxy) is 1. The standard InChI is InChI=1S/C11H17NO3/c13-10-15-9-5-1-2-6-11(14)12-7-3-4-8-12/h1,5,10H,2-4,6-9H2/b5-1+. The first-order valence-electron chi connectivity index (χ1n) is 5.32. The highest BCUT2D eigenvalue weighted by Gasteiger charge is 2.16. The Morgan fingerprint density at radius 1 is 1.27 bits per heavy atom. The summed E-state index contributed by atoms with van der Waals surface area (Å²) in [4.78, 5) is 23.3. The molecule has 0 aromatic carbocycles. The highest BCUT2D eigenvalue weighted by atomic mass is 16.5. The van der Waals surface area contributed by atoms with E-state index < -0.39 is 0 Å². The molecule has 1 rings (SSSR count). The van der Waals surface area contributed by atoms with Gasteiger partial charge in [0.15, 0.2) is 0 Å². The lowest BCUT2D eigenvalue weighted by Crippen LogP contribution is -2.27. The van der Waals surface area contributed by atoms with Gasteiger partial charge >= 0.3 is 0 Å². The number of carbonyl (C=O) groups is 2. The van der Waals surface area contributed by atoms with Crippen LogP contribution in [-0.2, 0) is 14.3 Å². The first-order chi connectivity index (χ1) is 7.34. The minimum Gasteiger partial charge on any atom is -0.464 e. The maximum absolute atomic E-state index is 11.5. The van der Waals surface area contributed by atoms with Crippen molar-refractivity contribution in [3.8, 4) is 0 Å². The fourth-order valence-electron chi connectivity index (χ4n) is 1.61. The molecule has 0 bridgehead atoms. The second kappa shape index (κ2) is 7.04. The minimum absolute atomic E-state index is 0.230. The maximum Gasteiger partial charge on any atom is 0.293 e. The number of nitrogens with zero attached hydrogens (tertiary/aromatic N) is 1. The largest absolute Gasteiger partial charge is 0.464 e. The molecule has 4 heteroatoms. The summed E-state index contributed by atoms with van der Waals surface area (Å²) in [7, 11) is 0. The van der Waals surface area contributed by atoms with Gasteiger partial charge in [-0.1, -0.05) is 12.2 Å². The molecular formula is C11H17NO3. The first-order valence-corrected chi connectivity index (χ1v) is 5.32. The van der Waals surface area contributed by atoms with Crippen molar-refractivity contribution in [2.75, 3.05) is 19.7 Å². The van der Waals surface area contributed by atoms with Crippen LogP contribution < -0.4 is 0 Å². The van der Waals surface area contributed by atoms with Gasteiger partial charge in [0.2, 0.25) is 5.91 Å². The Morgan fingerprint density at radius 3 is 2.67 bits per heavy atom. The van der Waals surface area contributed by atoms with E-state index in [1.54, 1.807) is 6.08 Å². The van der Waals surface area contributed by atoms with Crippen molar-refractivity contribution in [3.63, 3.8) is 0 Å². The molecule has 0 aromatic rings. The summed E-state index contributed by atoms with van der Waals surface area (Å²) in [5.41, 5.74) is 0. The van der Waals surface area contributed by atoms with Gasteiger partial charge in [0.25, 0.3) is 6.47 Å². The number of rotatable bonds is 6. The number of carbonyl (C=O) groups excluding carboxylic acids is 2. The molecule has 1 aliphatic rings. The molecule has 4 nitrogen and oxygen atoms in total. The SMILES string of the molecule is O=COC/C=C/CCC(=O)N1CCCC1. The number of hydrogen-bond donors (Lipinski definition) is 0. The molecule has 1 aliphatic heterocycles. The Balaban J connectivity index is 2.05. The van der Waals surface area contributed by atoms with Crippen molar-refractivity contribution >= 4 is 12.4 Å². The van der Waals surface area contributed by atoms with E-state index >= 15 is 0 Å². The zero-order valence-corrected chi connectivity index (χ0v) is 8.85. The third-order valence-electron chi connectivity index (χ3n) is 2.41. The Kier molecular flexibility index (Phi) is 5.51. The lowest BCUT2D eigenvalue weighted by molar-refractivity contribution is -0.130. The van der Waals surface area contributed by atoms with Crippen LogP contribution in [0.5, 0.6) is 0 Å². The lowest BCUT2D eigenvalue weighted by atomic mass is 10.2. The Hall–Kier alpha value is -1.32. The Labute approximate surface area is 89.9 Å². The molecule has 0 aromatic heterocycles. The van der Waals surface area contributed by atoms with E-state index in [9.17, 15) is 9.59 Å². The van der Waals surface area contributed by atoms with Gasteiger partial charge in [-0.15, -0.1) is 0 Å². The van der Waals surface area contributed by atoms with Crippen molar-refractivity contribution in [2.24, 2.45) is 0 Å². The third-order valence-corrected chi connectivity index (χ3v) is 2.41. The molecular weight excluding hydrogens is 194 g/mol. The number of likely N-dealkylation sites (tertiary alicyclic amines) is 1. The molecule has 0 saturated carbocycles. The average molecular weight is 211 g/mol. The van der Waals surface area contributed by atoms with Crippen molar-refractivity contribution in [3.05, 3.63) is 12.2 Å². The van der Waals surface area contributed by atoms with Gasteiger partial charge in [-0.25, -0.2) is 0 Å². The van der Waals surface area contributed by atoms with Crippen LogP contribution in [0.2, 0.25) is 0 Å². The monoisotopic (exact) mass is 211 g/mol. The maximum atomic E-state index is 11.5. The van der Waals surface area contributed by atoms with Gasteiger partial charge in [-0.05, 0) is 19.3 Å². The summed E-state index contributed by atoms with van der Waals surface area (Å²) in [6.07, 6.45) is 7.17. The van der Waals surface area contributed by atoms with Crippen LogP contribution in [0.1, 0.15) is 25.7 Å². The highest BCUT2D eigenvalue weighted by Crippen LogP contribution is 2.09. The van der Waals surface area contributed by atoms with Crippen LogP contribution in [0.25, 0.3) is 0 Å². The van der Waals surface area contributed by atoms with Gasteiger partial charge in [0.1, 0.15) is 6.61 Å². The van der Waals surface area contributed by atoms with E-state index in [1.165, 1.54) is 0 Å². The number of hydrogen-bond acceptors (Lipinski definition) is 3. The molecule has 0 spiro atoms. The van der Waals surface area contributed by atoms with Gasteiger partial charge in [0, 0.05) is 19.5 Å². The second-order valence-corrected chi connectivity index (χ2v) is 3.53. The van der Waals surface area contributed by atoms with Crippen LogP contribution in [0.4, 0.5) is 0 Å². The summed E-state index contributed by atoms with van der Waals surface area (Å²) >= 11 is 0. The fraction of sp³-hybridized carbons (Fsp3) is 0.636. The first kappa shape index (κ1) is 11.8. The van der Waals surface area contributed by atoms with Gasteiger partial charge in [0.05, 0.1) is 0 Å². The summed E-state index contributed by atoms with van der Waals surface area (Å²) in [5, 5.41) is 0. The van der Waals surface area contributed by atoms with E-state index in [2.05, 4.69) is 4.74 Å². The quantitative estimate of drug-likeness (QED) is 0.376. The van der Waals surface area contributed by atoms with E-state index in [0.717, 1.165) is 32.4 Å². The Morgan fingerprint density at radius 2 is 2.00 bits per heavy atom. The van der Waals surface area contributed by atoms with Crippen molar-refractivity contribution in [1.82, 2.24) is 4.90 Å².